The molecule has 0 radical (unpaired) electrons. The predicted octanol–water partition coefficient (Wildman–Crippen LogP) is 0.916. The molecule has 0 aliphatic heterocycles. The van der Waals surface area contributed by atoms with Gasteiger partial charge in [-0.3, -0.25) is 4.79 Å². The van der Waals surface area contributed by atoms with Crippen LogP contribution in [0.15, 0.2) is 30.3 Å². The fourth-order valence-electron chi connectivity index (χ4n) is 1.31. The number of hydrogen-bond donors (Lipinski definition) is 2. The number of nitrogens with two attached hydrogens (primary N) is 2. The van der Waals surface area contributed by atoms with E-state index >= 15 is 0 Å². The molecule has 0 aliphatic rings. The van der Waals surface area contributed by atoms with Crippen molar-refractivity contribution >= 4 is 22.5 Å². The summed E-state index contributed by atoms with van der Waals surface area (Å²) >= 11 is 0. The zero-order chi connectivity index (χ0) is 10.1. The first-order valence-corrected chi connectivity index (χ1v) is 4.13. The first-order valence-electron chi connectivity index (χ1n) is 4.13. The van der Waals surface area contributed by atoms with Crippen LogP contribution in [0.4, 0.5) is 5.69 Å². The number of primary amides is 1. The monoisotopic (exact) mass is 187 g/mol. The van der Waals surface area contributed by atoms with Gasteiger partial charge >= 0.3 is 0 Å². The summed E-state index contributed by atoms with van der Waals surface area (Å²) in [6.07, 6.45) is 0. The first-order chi connectivity index (χ1) is 6.68. The van der Waals surface area contributed by atoms with Crippen LogP contribution in [0.25, 0.3) is 10.9 Å². The van der Waals surface area contributed by atoms with Gasteiger partial charge in [0.05, 0.1) is 11.2 Å². The van der Waals surface area contributed by atoms with E-state index in [-0.39, 0.29) is 5.69 Å². The molecule has 0 bridgehead atoms. The van der Waals surface area contributed by atoms with Gasteiger partial charge in [0.2, 0.25) is 0 Å². The van der Waals surface area contributed by atoms with Crippen LogP contribution >= 0.6 is 0 Å². The lowest BCUT2D eigenvalue weighted by Gasteiger charge is -2.01. The van der Waals surface area contributed by atoms with E-state index in [1.807, 2.05) is 12.1 Å². The zero-order valence-corrected chi connectivity index (χ0v) is 7.40. The number of fused-ring (bicyclic) bond motifs is 1. The van der Waals surface area contributed by atoms with E-state index in [2.05, 4.69) is 4.98 Å². The highest BCUT2D eigenvalue weighted by Crippen LogP contribution is 2.18. The van der Waals surface area contributed by atoms with Crippen molar-refractivity contribution in [2.45, 2.75) is 0 Å². The Balaban J connectivity index is 2.76. The van der Waals surface area contributed by atoms with Crippen molar-refractivity contribution in [3.8, 4) is 0 Å². The van der Waals surface area contributed by atoms with Crippen LogP contribution in [0.2, 0.25) is 0 Å². The van der Waals surface area contributed by atoms with Crippen LogP contribution in [0, 0.1) is 0 Å². The molecular formula is C10H9N3O. The Morgan fingerprint density at radius 2 is 2.00 bits per heavy atom. The molecule has 1 aromatic carbocycles. The number of pyridine rings is 1. The van der Waals surface area contributed by atoms with Crippen molar-refractivity contribution in [1.29, 1.82) is 0 Å². The summed E-state index contributed by atoms with van der Waals surface area (Å²) in [7, 11) is 0. The van der Waals surface area contributed by atoms with Crippen LogP contribution < -0.4 is 11.5 Å². The lowest BCUT2D eigenvalue weighted by Crippen LogP contribution is -2.12. The summed E-state index contributed by atoms with van der Waals surface area (Å²) in [6.45, 7) is 0. The Labute approximate surface area is 80.5 Å². The minimum atomic E-state index is -0.546. The number of nitrogen functional groups attached to an aromatic ring is 1. The van der Waals surface area contributed by atoms with Crippen molar-refractivity contribution in [1.82, 2.24) is 4.98 Å². The van der Waals surface area contributed by atoms with E-state index in [4.69, 9.17) is 11.5 Å². The molecule has 0 unspecified atom stereocenters. The van der Waals surface area contributed by atoms with Crippen LogP contribution in [0.1, 0.15) is 10.5 Å². The summed E-state index contributed by atoms with van der Waals surface area (Å²) in [5.74, 6) is -0.546. The van der Waals surface area contributed by atoms with Crippen molar-refractivity contribution in [3.05, 3.63) is 36.0 Å². The maximum absolute atomic E-state index is 10.9. The van der Waals surface area contributed by atoms with Gasteiger partial charge in [-0.2, -0.15) is 0 Å². The van der Waals surface area contributed by atoms with Gasteiger partial charge in [0.25, 0.3) is 5.91 Å². The third kappa shape index (κ3) is 1.26. The van der Waals surface area contributed by atoms with Crippen molar-refractivity contribution in [2.75, 3.05) is 5.73 Å². The number of hydrogen-bond acceptors (Lipinski definition) is 3. The summed E-state index contributed by atoms with van der Waals surface area (Å²) in [5, 5.41) is 0.898. The molecule has 1 aromatic heterocycles. The van der Waals surface area contributed by atoms with Gasteiger partial charge < -0.3 is 11.5 Å². The van der Waals surface area contributed by atoms with Gasteiger partial charge in [0.1, 0.15) is 5.69 Å². The molecule has 1 amide bonds. The molecule has 0 fully saturated rings. The normalized spacial score (nSPS) is 10.3. The van der Waals surface area contributed by atoms with E-state index < -0.39 is 5.91 Å². The number of para-hydroxylation sites is 1. The molecule has 4 heteroatoms. The summed E-state index contributed by atoms with van der Waals surface area (Å²) < 4.78 is 0. The molecule has 0 aliphatic carbocycles. The Morgan fingerprint density at radius 1 is 1.21 bits per heavy atom. The molecule has 70 valence electrons. The highest BCUT2D eigenvalue weighted by atomic mass is 16.1. The standard InChI is InChI=1S/C10H9N3O/c11-7-3-1-2-6-4-5-8(10(12)14)13-9(6)7/h1-5H,11H2,(H2,12,14). The minimum Gasteiger partial charge on any atom is -0.397 e. The summed E-state index contributed by atoms with van der Waals surface area (Å²) in [6, 6.07) is 8.82. The van der Waals surface area contributed by atoms with Gasteiger partial charge in [-0.1, -0.05) is 18.2 Å². The van der Waals surface area contributed by atoms with Crippen LogP contribution in [-0.2, 0) is 0 Å². The summed E-state index contributed by atoms with van der Waals surface area (Å²) in [5.41, 5.74) is 12.2. The van der Waals surface area contributed by atoms with Crippen LogP contribution in [-0.4, -0.2) is 10.9 Å². The number of benzene rings is 1. The number of anilines is 1. The second-order valence-electron chi connectivity index (χ2n) is 2.98. The van der Waals surface area contributed by atoms with Crippen molar-refractivity contribution in [3.63, 3.8) is 0 Å². The smallest absolute Gasteiger partial charge is 0.267 e. The van der Waals surface area contributed by atoms with E-state index in [9.17, 15) is 4.79 Å². The lowest BCUT2D eigenvalue weighted by molar-refractivity contribution is 0.0996. The van der Waals surface area contributed by atoms with Crippen LogP contribution in [0.5, 0.6) is 0 Å². The minimum absolute atomic E-state index is 0.232. The number of carbonyl (C=O) groups excluding carboxylic acids is 1. The molecule has 2 aromatic rings. The quantitative estimate of drug-likeness (QED) is 0.651. The van der Waals surface area contributed by atoms with E-state index in [1.54, 1.807) is 18.2 Å². The summed E-state index contributed by atoms with van der Waals surface area (Å²) in [4.78, 5) is 14.9. The molecule has 4 nitrogen and oxygen atoms in total. The third-order valence-corrected chi connectivity index (χ3v) is 2.00. The fourth-order valence-corrected chi connectivity index (χ4v) is 1.31. The Hall–Kier alpha value is -2.10. The van der Waals surface area contributed by atoms with Crippen molar-refractivity contribution < 1.29 is 4.79 Å². The predicted molar refractivity (Wildman–Crippen MR) is 54.7 cm³/mol. The fraction of sp³-hybridized carbons (Fsp3) is 0. The highest BCUT2D eigenvalue weighted by molar-refractivity contribution is 5.96. The number of nitrogens with zero attached hydrogens (tertiary/aromatic N) is 1. The lowest BCUT2D eigenvalue weighted by atomic mass is 10.2. The topological polar surface area (TPSA) is 82.0 Å². The molecule has 0 saturated heterocycles. The Kier molecular flexibility index (Phi) is 1.81. The maximum atomic E-state index is 10.9. The highest BCUT2D eigenvalue weighted by Gasteiger charge is 2.04. The molecule has 0 saturated carbocycles. The second kappa shape index (κ2) is 2.99. The molecule has 14 heavy (non-hydrogen) atoms. The number of rotatable bonds is 1. The molecule has 4 N–H and O–H groups in total. The third-order valence-electron chi connectivity index (χ3n) is 2.00. The van der Waals surface area contributed by atoms with E-state index in [0.29, 0.717) is 11.2 Å². The molecular weight excluding hydrogens is 178 g/mol. The largest absolute Gasteiger partial charge is 0.397 e. The number of amides is 1. The first kappa shape index (κ1) is 8.50. The van der Waals surface area contributed by atoms with E-state index in [1.165, 1.54) is 0 Å². The average Bonchev–Trinajstić information content (AvgIpc) is 2.18. The van der Waals surface area contributed by atoms with Gasteiger partial charge in [0, 0.05) is 5.39 Å². The zero-order valence-electron chi connectivity index (χ0n) is 7.40. The SMILES string of the molecule is NC(=O)c1ccc2cccc(N)c2n1. The molecule has 1 heterocycles. The van der Waals surface area contributed by atoms with Gasteiger partial charge in [-0.25, -0.2) is 4.98 Å². The van der Waals surface area contributed by atoms with Crippen LogP contribution in [0.3, 0.4) is 0 Å². The van der Waals surface area contributed by atoms with Gasteiger partial charge in [0.15, 0.2) is 0 Å². The average molecular weight is 187 g/mol. The van der Waals surface area contributed by atoms with E-state index in [0.717, 1.165) is 5.39 Å². The number of aromatic nitrogens is 1. The number of carbonyl (C=O) groups is 1. The maximum Gasteiger partial charge on any atom is 0.267 e. The second-order valence-corrected chi connectivity index (χ2v) is 2.98. The molecule has 0 atom stereocenters. The van der Waals surface area contributed by atoms with Gasteiger partial charge in [-0.15, -0.1) is 0 Å². The Bertz CT molecular complexity index is 508. The molecule has 0 spiro atoms. The van der Waals surface area contributed by atoms with Gasteiger partial charge in [-0.05, 0) is 12.1 Å². The Morgan fingerprint density at radius 3 is 2.71 bits per heavy atom. The van der Waals surface area contributed by atoms with Crippen molar-refractivity contribution in [2.24, 2.45) is 5.73 Å². The molecule has 2 rings (SSSR count).